The van der Waals surface area contributed by atoms with Gasteiger partial charge in [0.15, 0.2) is 5.92 Å². The Morgan fingerprint density at radius 2 is 1.64 bits per heavy atom. The quantitative estimate of drug-likeness (QED) is 0.556. The van der Waals surface area contributed by atoms with Crippen LogP contribution in [0.3, 0.4) is 0 Å². The fraction of sp³-hybridized carbons (Fsp3) is 0.778. The molecule has 2 N–H and O–H groups in total. The van der Waals surface area contributed by atoms with E-state index in [1.165, 1.54) is 0 Å². The van der Waals surface area contributed by atoms with Crippen LogP contribution in [0.15, 0.2) is 0 Å². The molecule has 1 atom stereocenters. The molecular weight excluding hydrogens is 309 g/mol. The second kappa shape index (κ2) is 8.79. The Kier molecular flexibility index (Phi) is 10.6. The zero-order valence-corrected chi connectivity index (χ0v) is 7.99. The monoisotopic (exact) mass is 328 g/mol. The Morgan fingerprint density at radius 1 is 1.21 bits per heavy atom. The van der Waals surface area contributed by atoms with Crippen LogP contribution in [-0.2, 0) is 9.59 Å². The molecule has 5 heteroatoms. The van der Waals surface area contributed by atoms with Crippen molar-refractivity contribution in [2.24, 2.45) is 11.8 Å². The predicted molar refractivity (Wildman–Crippen MR) is 56.0 cm³/mol. The second-order valence-corrected chi connectivity index (χ2v) is 3.36. The van der Waals surface area contributed by atoms with Gasteiger partial charge in [0.2, 0.25) is 0 Å². The Bertz CT molecular complexity index is 179. The molecule has 0 radical (unpaired) electrons. The van der Waals surface area contributed by atoms with E-state index in [0.29, 0.717) is 0 Å². The molecule has 0 aromatic rings. The van der Waals surface area contributed by atoms with E-state index in [-0.39, 0.29) is 61.2 Å². The summed E-state index contributed by atoms with van der Waals surface area (Å²) in [5.41, 5.74) is 0. The van der Waals surface area contributed by atoms with Crippen molar-refractivity contribution in [3.8, 4) is 0 Å². The summed E-state index contributed by atoms with van der Waals surface area (Å²) >= 11 is 0. The van der Waals surface area contributed by atoms with Crippen molar-refractivity contribution >= 4 is 60.8 Å². The fourth-order valence-corrected chi connectivity index (χ4v) is 1.32. The first-order valence-corrected chi connectivity index (χ1v) is 4.44. The summed E-state index contributed by atoms with van der Waals surface area (Å²) in [5.74, 6) is -3.57. The molecule has 0 fully saturated rings. The van der Waals surface area contributed by atoms with Gasteiger partial charge in [-0.15, -0.1) is 0 Å². The molecule has 0 aromatic carbocycles. The predicted octanol–water partition coefficient (Wildman–Crippen LogP) is 0.682. The topological polar surface area (TPSA) is 74.6 Å². The molecule has 0 saturated carbocycles. The Morgan fingerprint density at radius 3 is 1.93 bits per heavy atom. The third kappa shape index (κ3) is 6.89. The van der Waals surface area contributed by atoms with Crippen LogP contribution < -0.4 is 0 Å². The van der Waals surface area contributed by atoms with E-state index in [0.717, 1.165) is 12.8 Å². The van der Waals surface area contributed by atoms with Gasteiger partial charge in [0, 0.05) is 0 Å². The van der Waals surface area contributed by atoms with Crippen molar-refractivity contribution < 1.29 is 19.8 Å². The zero-order valence-electron chi connectivity index (χ0n) is 7.99. The summed E-state index contributed by atoms with van der Waals surface area (Å²) in [4.78, 5) is 21.0. The summed E-state index contributed by atoms with van der Waals surface area (Å²) in [6, 6.07) is 0. The second-order valence-electron chi connectivity index (χ2n) is 3.36. The molecule has 14 heavy (non-hydrogen) atoms. The van der Waals surface area contributed by atoms with Crippen LogP contribution in [0, 0.1) is 11.8 Å². The number of aliphatic carboxylic acids is 2. The third-order valence-corrected chi connectivity index (χ3v) is 2.02. The molecule has 0 amide bonds. The van der Waals surface area contributed by atoms with Gasteiger partial charge in [0.05, 0.1) is 0 Å². The van der Waals surface area contributed by atoms with E-state index in [1.54, 1.807) is 0 Å². The number of carboxylic acid groups (broad SMARTS) is 2. The van der Waals surface area contributed by atoms with Gasteiger partial charge in [-0.05, 0) is 12.3 Å². The number of rotatable bonds is 6. The molecule has 0 aliphatic carbocycles. The average molecular weight is 328 g/mol. The molecule has 4 nitrogen and oxygen atoms in total. The summed E-state index contributed by atoms with van der Waals surface area (Å²) in [5, 5.41) is 17.2. The maximum absolute atomic E-state index is 10.5. The molecule has 0 saturated heterocycles. The molecule has 80 valence electrons. The number of carbonyl (C=O) groups is 2. The molecule has 0 spiro atoms. The third-order valence-electron chi connectivity index (χ3n) is 2.02. The Hall–Kier alpha value is 0.511. The number of hydrogen-bond donors (Lipinski definition) is 2. The van der Waals surface area contributed by atoms with Gasteiger partial charge in [-0.2, -0.15) is 0 Å². The average Bonchev–Trinajstić information content (AvgIpc) is 1.99. The summed E-state index contributed by atoms with van der Waals surface area (Å²) < 4.78 is 0. The van der Waals surface area contributed by atoms with E-state index >= 15 is 0 Å². The first-order valence-electron chi connectivity index (χ1n) is 4.44. The van der Waals surface area contributed by atoms with Gasteiger partial charge in [-0.3, -0.25) is 9.59 Å². The number of hydrogen-bond acceptors (Lipinski definition) is 2. The van der Waals surface area contributed by atoms with Crippen molar-refractivity contribution in [1.82, 2.24) is 0 Å². The summed E-state index contributed by atoms with van der Waals surface area (Å²) in [6.07, 6.45) is 2.04. The minimum absolute atomic E-state index is 0. The first-order chi connectivity index (χ1) is 5.99. The SMILES string of the molecule is CCCC(C)CC(C(=O)O)C(=O)O.[BaH2]. The van der Waals surface area contributed by atoms with Crippen molar-refractivity contribution in [3.05, 3.63) is 0 Å². The fourth-order valence-electron chi connectivity index (χ4n) is 1.32. The van der Waals surface area contributed by atoms with Gasteiger partial charge in [0.25, 0.3) is 0 Å². The van der Waals surface area contributed by atoms with Crippen LogP contribution in [0.4, 0.5) is 0 Å². The molecule has 0 rings (SSSR count). The van der Waals surface area contributed by atoms with Crippen LogP contribution >= 0.6 is 0 Å². The molecule has 1 unspecified atom stereocenters. The maximum atomic E-state index is 10.5. The van der Waals surface area contributed by atoms with E-state index < -0.39 is 17.9 Å². The van der Waals surface area contributed by atoms with Crippen LogP contribution in [0.1, 0.15) is 33.1 Å². The van der Waals surface area contributed by atoms with Crippen LogP contribution in [0.2, 0.25) is 0 Å². The molecule has 0 aliphatic heterocycles. The van der Waals surface area contributed by atoms with E-state index in [4.69, 9.17) is 10.2 Å². The van der Waals surface area contributed by atoms with Crippen molar-refractivity contribution in [2.45, 2.75) is 33.1 Å². The molecular formula is C9H18BaO4. The van der Waals surface area contributed by atoms with Crippen molar-refractivity contribution in [2.75, 3.05) is 0 Å². The molecule has 0 aliphatic rings. The Balaban J connectivity index is 0. The standard InChI is InChI=1S/C9H16O4.Ba.2H/c1-3-4-6(2)5-7(8(10)11)9(12)13;;;/h6-7H,3-5H2,1-2H3,(H,10,11)(H,12,13);;;. The van der Waals surface area contributed by atoms with Gasteiger partial charge < -0.3 is 10.2 Å². The molecule has 0 heterocycles. The summed E-state index contributed by atoms with van der Waals surface area (Å²) in [7, 11) is 0. The Labute approximate surface area is 124 Å². The van der Waals surface area contributed by atoms with Crippen LogP contribution in [0.25, 0.3) is 0 Å². The van der Waals surface area contributed by atoms with E-state index in [1.807, 2.05) is 13.8 Å². The van der Waals surface area contributed by atoms with Crippen molar-refractivity contribution in [3.63, 3.8) is 0 Å². The van der Waals surface area contributed by atoms with Gasteiger partial charge in [-0.1, -0.05) is 26.7 Å². The zero-order chi connectivity index (χ0) is 10.4. The van der Waals surface area contributed by atoms with Crippen molar-refractivity contribution in [1.29, 1.82) is 0 Å². The van der Waals surface area contributed by atoms with Crippen LogP contribution in [-0.4, -0.2) is 71.0 Å². The molecule has 0 bridgehead atoms. The normalized spacial score (nSPS) is 11.9. The molecule has 0 aromatic heterocycles. The van der Waals surface area contributed by atoms with Gasteiger partial charge in [-0.25, -0.2) is 0 Å². The summed E-state index contributed by atoms with van der Waals surface area (Å²) in [6.45, 7) is 3.87. The van der Waals surface area contributed by atoms with E-state index in [9.17, 15) is 9.59 Å². The number of carboxylic acids is 2. The van der Waals surface area contributed by atoms with Gasteiger partial charge in [0.1, 0.15) is 0 Å². The van der Waals surface area contributed by atoms with Gasteiger partial charge >= 0.3 is 60.8 Å². The first kappa shape index (κ1) is 16.9. The van der Waals surface area contributed by atoms with Crippen LogP contribution in [0.5, 0.6) is 0 Å². The minimum atomic E-state index is -1.25. The van der Waals surface area contributed by atoms with E-state index in [2.05, 4.69) is 0 Å².